The van der Waals surface area contributed by atoms with Crippen molar-refractivity contribution in [2.75, 3.05) is 6.61 Å². The summed E-state index contributed by atoms with van der Waals surface area (Å²) in [6.07, 6.45) is 4.64. The molecule has 7 rings (SSSR count). The number of carbonyl (C=O) groups excluding carboxylic acids is 8. The Morgan fingerprint density at radius 3 is 1.46 bits per heavy atom. The number of amides is 8. The van der Waals surface area contributed by atoms with Gasteiger partial charge < -0.3 is 5.11 Å². The Bertz CT molecular complexity index is 2140. The minimum absolute atomic E-state index is 0.0480. The first-order valence-corrected chi connectivity index (χ1v) is 20.7. The van der Waals surface area contributed by atoms with E-state index in [0.29, 0.717) is 24.0 Å². The average molecular weight is 821 g/mol. The maximum atomic E-state index is 12.6. The molecule has 4 heterocycles. The van der Waals surface area contributed by atoms with E-state index in [-0.39, 0.29) is 54.2 Å². The van der Waals surface area contributed by atoms with E-state index in [2.05, 4.69) is 17.6 Å². The molecule has 4 aliphatic heterocycles. The van der Waals surface area contributed by atoms with Crippen LogP contribution in [0.3, 0.4) is 0 Å². The summed E-state index contributed by atoms with van der Waals surface area (Å²) in [4.78, 5) is 98.6. The van der Waals surface area contributed by atoms with Crippen LogP contribution in [0.25, 0.3) is 0 Å². The number of hydrogen-bond donors (Lipinski definition) is 3. The molecule has 2 atom stereocenters. The van der Waals surface area contributed by atoms with E-state index in [1.165, 1.54) is 12.1 Å². The number of halogens is 1. The van der Waals surface area contributed by atoms with Gasteiger partial charge in [0.2, 0.25) is 23.6 Å². The van der Waals surface area contributed by atoms with E-state index in [1.807, 2.05) is 13.0 Å². The number of carbonyl (C=O) groups is 8. The van der Waals surface area contributed by atoms with E-state index in [4.69, 9.17) is 15.8 Å². The molecular formula is C40H41ClN4O11S. The Kier molecular flexibility index (Phi) is 13.5. The van der Waals surface area contributed by atoms with Gasteiger partial charge in [0, 0.05) is 30.1 Å². The summed E-state index contributed by atoms with van der Waals surface area (Å²) in [5, 5.41) is 13.2. The van der Waals surface area contributed by atoms with Gasteiger partial charge in [-0.25, -0.2) is 8.42 Å². The molecule has 2 fully saturated rings. The van der Waals surface area contributed by atoms with Gasteiger partial charge in [0.05, 0.1) is 27.1 Å². The Labute approximate surface area is 333 Å². The fourth-order valence-electron chi connectivity index (χ4n) is 6.71. The molecule has 2 saturated heterocycles. The van der Waals surface area contributed by atoms with Gasteiger partial charge in [0.25, 0.3) is 32.7 Å². The second-order valence-electron chi connectivity index (χ2n) is 13.8. The lowest BCUT2D eigenvalue weighted by Gasteiger charge is -2.27. The van der Waals surface area contributed by atoms with Crippen molar-refractivity contribution in [3.05, 3.63) is 99.6 Å². The highest BCUT2D eigenvalue weighted by Gasteiger charge is 2.46. The van der Waals surface area contributed by atoms with Crippen LogP contribution in [0.4, 0.5) is 0 Å². The summed E-state index contributed by atoms with van der Waals surface area (Å²) in [6, 6.07) is 14.7. The van der Waals surface area contributed by atoms with Crippen molar-refractivity contribution in [3.63, 3.8) is 0 Å². The molecule has 4 aliphatic rings. The molecule has 8 amide bonds. The van der Waals surface area contributed by atoms with Gasteiger partial charge in [0.1, 0.15) is 12.1 Å². The summed E-state index contributed by atoms with van der Waals surface area (Å²) >= 11 is 0. The normalized spacial score (nSPS) is 18.9. The smallest absolute Gasteiger partial charge is 0.262 e. The van der Waals surface area contributed by atoms with Crippen molar-refractivity contribution in [3.8, 4) is 0 Å². The standard InChI is InChI=1S/C17H18N2O4.C16H16N2O5.C7H7ClO2S/c1-2-3-4-10-5-6-11-12(9-10)17(23)19(16(11)22)13-7-8-14(20)18-15(13)21;19-7-1-2-9-3-4-10-11(8-9)16(23)18(15(10)22)12-5-6-13(20)17-14(12)21;1-6-2-4-7(5-3-6)11(8,9)10/h5-6,9,13H,2-4,7-8H2,1H3,(H,18,20,21);3-4,8,12,19H,1-2,5-7H2,(H,17,20,21);2-5H,1H3. The Morgan fingerprint density at radius 2 is 1.07 bits per heavy atom. The number of rotatable bonds is 9. The molecule has 2 unspecified atom stereocenters. The highest BCUT2D eigenvalue weighted by Crippen LogP contribution is 2.30. The largest absolute Gasteiger partial charge is 0.396 e. The van der Waals surface area contributed by atoms with Crippen LogP contribution in [0.2, 0.25) is 0 Å². The number of piperidine rings is 2. The monoisotopic (exact) mass is 820 g/mol. The minimum atomic E-state index is -3.55. The molecule has 3 aromatic carbocycles. The molecule has 0 aromatic heterocycles. The van der Waals surface area contributed by atoms with E-state index in [1.54, 1.807) is 42.5 Å². The highest BCUT2D eigenvalue weighted by molar-refractivity contribution is 8.13. The molecule has 57 heavy (non-hydrogen) atoms. The first-order chi connectivity index (χ1) is 27.0. The maximum Gasteiger partial charge on any atom is 0.262 e. The lowest BCUT2D eigenvalue weighted by Crippen LogP contribution is -2.54. The van der Waals surface area contributed by atoms with Crippen LogP contribution in [0, 0.1) is 6.92 Å². The third kappa shape index (κ3) is 9.70. The molecule has 300 valence electrons. The number of aliphatic hydroxyl groups excluding tert-OH is 1. The fraction of sp³-hybridized carbons (Fsp3) is 0.350. The zero-order valence-electron chi connectivity index (χ0n) is 31.2. The maximum absolute atomic E-state index is 12.6. The van der Waals surface area contributed by atoms with Gasteiger partial charge in [-0.2, -0.15) is 0 Å². The summed E-state index contributed by atoms with van der Waals surface area (Å²) in [5.41, 5.74) is 4.10. The molecular weight excluding hydrogens is 780 g/mol. The summed E-state index contributed by atoms with van der Waals surface area (Å²) in [6.45, 7) is 4.02. The molecule has 0 radical (unpaired) electrons. The number of fused-ring (bicyclic) bond motifs is 2. The molecule has 17 heteroatoms. The molecule has 3 aromatic rings. The third-order valence-corrected chi connectivity index (χ3v) is 11.1. The lowest BCUT2D eigenvalue weighted by molar-refractivity contribution is -0.137. The number of nitrogens with one attached hydrogen (secondary N) is 2. The molecule has 15 nitrogen and oxygen atoms in total. The zero-order valence-corrected chi connectivity index (χ0v) is 32.8. The molecule has 3 N–H and O–H groups in total. The third-order valence-electron chi connectivity index (χ3n) is 9.75. The molecule has 0 saturated carbocycles. The topological polar surface area (TPSA) is 221 Å². The van der Waals surface area contributed by atoms with Crippen molar-refractivity contribution in [2.45, 2.75) is 88.6 Å². The van der Waals surface area contributed by atoms with Crippen LogP contribution >= 0.6 is 10.7 Å². The van der Waals surface area contributed by atoms with Crippen molar-refractivity contribution in [1.29, 1.82) is 0 Å². The molecule has 0 bridgehead atoms. The van der Waals surface area contributed by atoms with E-state index in [0.717, 1.165) is 45.8 Å². The number of unbranched alkanes of at least 4 members (excludes halogenated alkanes) is 1. The van der Waals surface area contributed by atoms with Crippen LogP contribution in [-0.4, -0.2) is 89.3 Å². The minimum Gasteiger partial charge on any atom is -0.396 e. The highest BCUT2D eigenvalue weighted by atomic mass is 35.7. The van der Waals surface area contributed by atoms with Gasteiger partial charge in [-0.1, -0.05) is 43.2 Å². The lowest BCUT2D eigenvalue weighted by atomic mass is 10.0. The number of hydrogen-bond acceptors (Lipinski definition) is 11. The predicted octanol–water partition coefficient (Wildman–Crippen LogP) is 3.37. The number of benzene rings is 3. The summed E-state index contributed by atoms with van der Waals surface area (Å²) in [7, 11) is 1.54. The van der Waals surface area contributed by atoms with Crippen LogP contribution in [0.1, 0.15) is 110 Å². The first kappa shape index (κ1) is 42.6. The van der Waals surface area contributed by atoms with Crippen LogP contribution in [-0.2, 0) is 41.1 Å². The number of aryl methyl sites for hydroxylation is 3. The summed E-state index contributed by atoms with van der Waals surface area (Å²) < 4.78 is 21.4. The van der Waals surface area contributed by atoms with Gasteiger partial charge in [-0.05, 0) is 93.0 Å². The van der Waals surface area contributed by atoms with Crippen molar-refractivity contribution in [2.24, 2.45) is 0 Å². The van der Waals surface area contributed by atoms with E-state index in [9.17, 15) is 46.8 Å². The van der Waals surface area contributed by atoms with E-state index >= 15 is 0 Å². The van der Waals surface area contributed by atoms with Crippen molar-refractivity contribution >= 4 is 67.0 Å². The predicted molar refractivity (Wildman–Crippen MR) is 204 cm³/mol. The van der Waals surface area contributed by atoms with Gasteiger partial charge in [0.15, 0.2) is 0 Å². The number of imide groups is 4. The second kappa shape index (κ2) is 18.1. The Balaban J connectivity index is 0.000000174. The van der Waals surface area contributed by atoms with Crippen LogP contribution in [0.5, 0.6) is 0 Å². The van der Waals surface area contributed by atoms with Crippen LogP contribution in [0.15, 0.2) is 65.6 Å². The zero-order chi connectivity index (χ0) is 41.6. The van der Waals surface area contributed by atoms with Crippen molar-refractivity contribution in [1.82, 2.24) is 20.4 Å². The first-order valence-electron chi connectivity index (χ1n) is 18.4. The Morgan fingerprint density at radius 1 is 0.649 bits per heavy atom. The molecule has 0 aliphatic carbocycles. The average Bonchev–Trinajstić information content (AvgIpc) is 3.56. The Hall–Kier alpha value is -5.58. The van der Waals surface area contributed by atoms with Gasteiger partial charge in [-0.15, -0.1) is 0 Å². The van der Waals surface area contributed by atoms with Gasteiger partial charge in [-0.3, -0.25) is 58.8 Å². The SMILES string of the molecule is CCCCc1ccc2c(c1)C(=O)N(C1CCC(=O)NC1=O)C2=O.Cc1ccc(S(=O)(=O)Cl)cc1.O=C1CCC(N2C(=O)c3ccc(CCCO)cc3C2=O)C(=O)N1. The van der Waals surface area contributed by atoms with Gasteiger partial charge >= 0.3 is 0 Å². The number of nitrogens with zero attached hydrogens (tertiary/aromatic N) is 2. The quantitative estimate of drug-likeness (QED) is 0.210. The second-order valence-corrected chi connectivity index (χ2v) is 16.4. The van der Waals surface area contributed by atoms with E-state index < -0.39 is 62.5 Å². The number of aliphatic hydroxyl groups is 1. The van der Waals surface area contributed by atoms with Crippen LogP contribution < -0.4 is 10.6 Å². The fourth-order valence-corrected chi connectivity index (χ4v) is 7.48. The van der Waals surface area contributed by atoms with Crippen molar-refractivity contribution < 1.29 is 51.9 Å². The summed E-state index contributed by atoms with van der Waals surface area (Å²) in [5.74, 6) is -3.88. The molecule has 0 spiro atoms.